The highest BCUT2D eigenvalue weighted by molar-refractivity contribution is 5.73. The summed E-state index contributed by atoms with van der Waals surface area (Å²) in [5, 5.41) is 0. The van der Waals surface area contributed by atoms with Crippen LogP contribution in [0.1, 0.15) is 19.3 Å². The molecule has 3 heterocycles. The van der Waals surface area contributed by atoms with E-state index in [2.05, 4.69) is 9.88 Å². The summed E-state index contributed by atoms with van der Waals surface area (Å²) >= 11 is 0. The van der Waals surface area contributed by atoms with Crippen LogP contribution in [-0.2, 0) is 6.54 Å². The van der Waals surface area contributed by atoms with Gasteiger partial charge in [0.2, 0.25) is 0 Å². The molecule has 0 aromatic carbocycles. The van der Waals surface area contributed by atoms with Gasteiger partial charge < -0.3 is 9.47 Å². The molecule has 0 saturated carbocycles. The Morgan fingerprint density at radius 3 is 2.74 bits per heavy atom. The fourth-order valence-corrected chi connectivity index (χ4v) is 2.78. The lowest BCUT2D eigenvalue weighted by Gasteiger charge is -2.26. The van der Waals surface area contributed by atoms with Crippen LogP contribution in [0.3, 0.4) is 0 Å². The summed E-state index contributed by atoms with van der Waals surface area (Å²) in [6.07, 6.45) is 5.68. The van der Waals surface area contributed by atoms with Gasteiger partial charge in [-0.25, -0.2) is 0 Å². The van der Waals surface area contributed by atoms with E-state index in [0.29, 0.717) is 0 Å². The van der Waals surface area contributed by atoms with Gasteiger partial charge >= 0.3 is 0 Å². The number of aromatic nitrogens is 2. The van der Waals surface area contributed by atoms with Crippen molar-refractivity contribution in [2.75, 3.05) is 19.6 Å². The van der Waals surface area contributed by atoms with Gasteiger partial charge in [0, 0.05) is 25.4 Å². The molecule has 0 atom stereocenters. The van der Waals surface area contributed by atoms with Crippen LogP contribution >= 0.6 is 0 Å². The number of fused-ring (bicyclic) bond motifs is 1. The summed E-state index contributed by atoms with van der Waals surface area (Å²) in [6, 6.07) is 7.28. The second-order valence-electron chi connectivity index (χ2n) is 5.13. The van der Waals surface area contributed by atoms with Gasteiger partial charge in [0.15, 0.2) is 0 Å². The Morgan fingerprint density at radius 1 is 1.05 bits per heavy atom. The van der Waals surface area contributed by atoms with Crippen molar-refractivity contribution in [3.63, 3.8) is 0 Å². The average molecular weight is 257 g/mol. The van der Waals surface area contributed by atoms with Crippen molar-refractivity contribution >= 4 is 11.0 Å². The Labute approximate surface area is 112 Å². The molecule has 1 aliphatic heterocycles. The molecule has 0 aliphatic carbocycles. The number of hydrogen-bond donors (Lipinski definition) is 0. The van der Waals surface area contributed by atoms with Crippen molar-refractivity contribution in [1.82, 2.24) is 14.5 Å². The minimum absolute atomic E-state index is 0.0671. The first-order valence-electron chi connectivity index (χ1n) is 7.01. The molecule has 19 heavy (non-hydrogen) atoms. The zero-order chi connectivity index (χ0) is 13.1. The van der Waals surface area contributed by atoms with Gasteiger partial charge in [-0.05, 0) is 44.1 Å². The zero-order valence-electron chi connectivity index (χ0n) is 11.1. The van der Waals surface area contributed by atoms with Gasteiger partial charge in [-0.3, -0.25) is 9.78 Å². The van der Waals surface area contributed by atoms with Gasteiger partial charge in [0.25, 0.3) is 5.56 Å². The van der Waals surface area contributed by atoms with Crippen LogP contribution in [0.5, 0.6) is 0 Å². The van der Waals surface area contributed by atoms with Crippen LogP contribution in [0.15, 0.2) is 35.3 Å². The lowest BCUT2D eigenvalue weighted by Crippen LogP contribution is -2.34. The van der Waals surface area contributed by atoms with Gasteiger partial charge in [-0.2, -0.15) is 0 Å². The Morgan fingerprint density at radius 2 is 1.89 bits per heavy atom. The average Bonchev–Trinajstić information content (AvgIpc) is 2.47. The number of hydrogen-bond acceptors (Lipinski definition) is 3. The van der Waals surface area contributed by atoms with Gasteiger partial charge in [-0.15, -0.1) is 0 Å². The van der Waals surface area contributed by atoms with Crippen LogP contribution in [0, 0.1) is 0 Å². The van der Waals surface area contributed by atoms with Crippen molar-refractivity contribution in [1.29, 1.82) is 0 Å². The van der Waals surface area contributed by atoms with E-state index in [1.165, 1.54) is 19.3 Å². The maximum Gasteiger partial charge on any atom is 0.251 e. The monoisotopic (exact) mass is 257 g/mol. The Hall–Kier alpha value is -1.68. The van der Waals surface area contributed by atoms with Crippen molar-refractivity contribution in [3.8, 4) is 0 Å². The van der Waals surface area contributed by atoms with Crippen LogP contribution in [-0.4, -0.2) is 34.1 Å². The predicted molar refractivity (Wildman–Crippen MR) is 76.3 cm³/mol. The Kier molecular flexibility index (Phi) is 3.60. The van der Waals surface area contributed by atoms with Gasteiger partial charge in [-0.1, -0.05) is 6.42 Å². The molecule has 4 heteroatoms. The fraction of sp³-hybridized carbons (Fsp3) is 0.467. The van der Waals surface area contributed by atoms with E-state index in [0.717, 1.165) is 37.2 Å². The molecule has 100 valence electrons. The third kappa shape index (κ3) is 2.68. The first-order chi connectivity index (χ1) is 9.34. The van der Waals surface area contributed by atoms with Gasteiger partial charge in [0.05, 0.1) is 11.0 Å². The molecular formula is C15H19N3O. The zero-order valence-corrected chi connectivity index (χ0v) is 11.1. The molecule has 0 unspecified atom stereocenters. The lowest BCUT2D eigenvalue weighted by molar-refractivity contribution is 0.221. The Bertz CT molecular complexity index is 614. The molecule has 0 spiro atoms. The van der Waals surface area contributed by atoms with E-state index in [9.17, 15) is 4.79 Å². The van der Waals surface area contributed by atoms with Crippen LogP contribution in [0.2, 0.25) is 0 Å². The molecule has 1 aliphatic rings. The molecule has 0 radical (unpaired) electrons. The molecule has 2 aromatic rings. The molecule has 0 amide bonds. The highest BCUT2D eigenvalue weighted by atomic mass is 16.1. The van der Waals surface area contributed by atoms with E-state index >= 15 is 0 Å². The van der Waals surface area contributed by atoms with Crippen molar-refractivity contribution in [3.05, 3.63) is 40.8 Å². The number of pyridine rings is 2. The summed E-state index contributed by atoms with van der Waals surface area (Å²) in [5.74, 6) is 0. The minimum Gasteiger partial charge on any atom is -0.305 e. The van der Waals surface area contributed by atoms with Crippen LogP contribution in [0.4, 0.5) is 0 Å². The fourth-order valence-electron chi connectivity index (χ4n) is 2.78. The van der Waals surface area contributed by atoms with Crippen molar-refractivity contribution < 1.29 is 0 Å². The molecule has 0 N–H and O–H groups in total. The molecule has 2 aromatic heterocycles. The Balaban J connectivity index is 1.83. The highest BCUT2D eigenvalue weighted by Crippen LogP contribution is 2.10. The summed E-state index contributed by atoms with van der Waals surface area (Å²) < 4.78 is 1.84. The standard InChI is InChI=1S/C15H19N3O/c19-15-7-6-13-14(5-4-8-16-13)18(15)12-11-17-9-2-1-3-10-17/h4-8H,1-3,9-12H2. The van der Waals surface area contributed by atoms with E-state index in [1.54, 1.807) is 18.3 Å². The summed E-state index contributed by atoms with van der Waals surface area (Å²) in [6.45, 7) is 4.03. The number of piperidine rings is 1. The molecular weight excluding hydrogens is 238 g/mol. The van der Waals surface area contributed by atoms with Crippen LogP contribution < -0.4 is 5.56 Å². The van der Waals surface area contributed by atoms with E-state index < -0.39 is 0 Å². The predicted octanol–water partition coefficient (Wildman–Crippen LogP) is 1.88. The topological polar surface area (TPSA) is 38.1 Å². The van der Waals surface area contributed by atoms with Crippen molar-refractivity contribution in [2.24, 2.45) is 0 Å². The maximum absolute atomic E-state index is 12.0. The number of rotatable bonds is 3. The third-order valence-corrected chi connectivity index (χ3v) is 3.85. The second kappa shape index (κ2) is 5.53. The minimum atomic E-state index is 0.0671. The quantitative estimate of drug-likeness (QED) is 0.842. The summed E-state index contributed by atoms with van der Waals surface area (Å²) in [5.41, 5.74) is 1.89. The van der Waals surface area contributed by atoms with E-state index in [-0.39, 0.29) is 5.56 Å². The molecule has 4 nitrogen and oxygen atoms in total. The summed E-state index contributed by atoms with van der Waals surface area (Å²) in [4.78, 5) is 18.8. The second-order valence-corrected chi connectivity index (χ2v) is 5.13. The summed E-state index contributed by atoms with van der Waals surface area (Å²) in [7, 11) is 0. The number of likely N-dealkylation sites (tertiary alicyclic amines) is 1. The first-order valence-corrected chi connectivity index (χ1v) is 7.01. The van der Waals surface area contributed by atoms with Gasteiger partial charge in [0.1, 0.15) is 0 Å². The largest absolute Gasteiger partial charge is 0.305 e. The molecule has 1 fully saturated rings. The smallest absolute Gasteiger partial charge is 0.251 e. The SMILES string of the molecule is O=c1ccc2ncccc2n1CCN1CCCCC1. The highest BCUT2D eigenvalue weighted by Gasteiger charge is 2.10. The third-order valence-electron chi connectivity index (χ3n) is 3.85. The van der Waals surface area contributed by atoms with Crippen LogP contribution in [0.25, 0.3) is 11.0 Å². The molecule has 1 saturated heterocycles. The molecule has 3 rings (SSSR count). The van der Waals surface area contributed by atoms with Crippen molar-refractivity contribution in [2.45, 2.75) is 25.8 Å². The number of nitrogens with zero attached hydrogens (tertiary/aromatic N) is 3. The lowest BCUT2D eigenvalue weighted by atomic mass is 10.1. The first kappa shape index (κ1) is 12.4. The maximum atomic E-state index is 12.0. The van der Waals surface area contributed by atoms with E-state index in [1.807, 2.05) is 16.7 Å². The normalized spacial score (nSPS) is 16.8. The van der Waals surface area contributed by atoms with E-state index in [4.69, 9.17) is 0 Å². The molecule has 0 bridgehead atoms.